The fourth-order valence-corrected chi connectivity index (χ4v) is 1.72. The molecule has 1 N–H and O–H groups in total. The molecule has 0 aliphatic heterocycles. The molecule has 1 atom stereocenters. The lowest BCUT2D eigenvalue weighted by Crippen LogP contribution is -2.40. The van der Waals surface area contributed by atoms with Crippen LogP contribution in [-0.4, -0.2) is 41.1 Å². The van der Waals surface area contributed by atoms with Crippen LogP contribution >= 0.6 is 0 Å². The van der Waals surface area contributed by atoms with Crippen molar-refractivity contribution in [2.24, 2.45) is 0 Å². The first-order chi connectivity index (χ1) is 8.99. The summed E-state index contributed by atoms with van der Waals surface area (Å²) in [5.41, 5.74) is 0.190. The van der Waals surface area contributed by atoms with E-state index in [1.54, 1.807) is 24.0 Å². The highest BCUT2D eigenvalue weighted by Gasteiger charge is 2.19. The van der Waals surface area contributed by atoms with E-state index in [4.69, 9.17) is 9.84 Å². The monoisotopic (exact) mass is 265 g/mol. The topological polar surface area (TPSA) is 66.8 Å². The van der Waals surface area contributed by atoms with Crippen molar-refractivity contribution in [1.82, 2.24) is 4.90 Å². The Balaban J connectivity index is 2.68. The fourth-order valence-electron chi connectivity index (χ4n) is 1.72. The lowest BCUT2D eigenvalue weighted by atomic mass is 10.2. The number of carboxylic acid groups (broad SMARTS) is 1. The molecule has 0 aliphatic rings. The third-order valence-corrected chi connectivity index (χ3v) is 2.84. The van der Waals surface area contributed by atoms with Crippen molar-refractivity contribution in [3.63, 3.8) is 0 Å². The van der Waals surface area contributed by atoms with E-state index in [0.29, 0.717) is 18.8 Å². The summed E-state index contributed by atoms with van der Waals surface area (Å²) in [6.07, 6.45) is -0.587. The molecule has 1 amide bonds. The maximum Gasteiger partial charge on any atom is 0.335 e. The molecular weight excluding hydrogens is 246 g/mol. The van der Waals surface area contributed by atoms with Gasteiger partial charge in [-0.05, 0) is 45.0 Å². The van der Waals surface area contributed by atoms with E-state index in [0.717, 1.165) is 0 Å². The molecule has 0 aliphatic carbocycles. The molecule has 0 bridgehead atoms. The molecule has 19 heavy (non-hydrogen) atoms. The highest BCUT2D eigenvalue weighted by molar-refractivity contribution is 5.87. The van der Waals surface area contributed by atoms with E-state index in [9.17, 15) is 9.59 Å². The van der Waals surface area contributed by atoms with Gasteiger partial charge in [0.25, 0.3) is 5.91 Å². The zero-order valence-corrected chi connectivity index (χ0v) is 11.4. The Morgan fingerprint density at radius 3 is 2.16 bits per heavy atom. The number of amides is 1. The van der Waals surface area contributed by atoms with Gasteiger partial charge in [-0.15, -0.1) is 0 Å². The number of rotatable bonds is 6. The largest absolute Gasteiger partial charge is 0.481 e. The smallest absolute Gasteiger partial charge is 0.335 e. The van der Waals surface area contributed by atoms with Gasteiger partial charge in [0.05, 0.1) is 5.56 Å². The maximum absolute atomic E-state index is 12.0. The lowest BCUT2D eigenvalue weighted by Gasteiger charge is -2.23. The average Bonchev–Trinajstić information content (AvgIpc) is 2.40. The zero-order valence-electron chi connectivity index (χ0n) is 11.4. The molecule has 5 nitrogen and oxygen atoms in total. The lowest BCUT2D eigenvalue weighted by molar-refractivity contribution is -0.137. The number of carbonyl (C=O) groups is 2. The van der Waals surface area contributed by atoms with Gasteiger partial charge >= 0.3 is 5.97 Å². The number of aromatic carboxylic acids is 1. The molecule has 0 heterocycles. The van der Waals surface area contributed by atoms with Crippen LogP contribution in [0.4, 0.5) is 0 Å². The number of carboxylic acids is 1. The molecule has 1 aromatic rings. The van der Waals surface area contributed by atoms with Crippen LogP contribution in [0.15, 0.2) is 24.3 Å². The van der Waals surface area contributed by atoms with E-state index >= 15 is 0 Å². The minimum absolute atomic E-state index is 0.0766. The molecule has 1 rings (SSSR count). The number of ether oxygens (including phenoxy) is 1. The van der Waals surface area contributed by atoms with Crippen molar-refractivity contribution in [3.05, 3.63) is 29.8 Å². The van der Waals surface area contributed by atoms with Crippen molar-refractivity contribution < 1.29 is 19.4 Å². The van der Waals surface area contributed by atoms with Crippen LogP contribution in [-0.2, 0) is 4.79 Å². The second kappa shape index (κ2) is 6.78. The highest BCUT2D eigenvalue weighted by Crippen LogP contribution is 2.14. The van der Waals surface area contributed by atoms with Crippen LogP contribution in [0, 0.1) is 0 Å². The predicted octanol–water partition coefficient (Wildman–Crippen LogP) is 2.02. The molecule has 0 aromatic heterocycles. The van der Waals surface area contributed by atoms with Crippen LogP contribution in [0.25, 0.3) is 0 Å². The zero-order chi connectivity index (χ0) is 14.4. The minimum Gasteiger partial charge on any atom is -0.481 e. The van der Waals surface area contributed by atoms with Crippen LogP contribution < -0.4 is 4.74 Å². The summed E-state index contributed by atoms with van der Waals surface area (Å²) >= 11 is 0. The SMILES string of the molecule is CCN(CC)C(=O)C(C)Oc1ccc(C(=O)O)cc1. The number of hydrogen-bond donors (Lipinski definition) is 1. The Hall–Kier alpha value is -2.04. The summed E-state index contributed by atoms with van der Waals surface area (Å²) in [7, 11) is 0. The number of nitrogens with zero attached hydrogens (tertiary/aromatic N) is 1. The van der Waals surface area contributed by atoms with Crippen molar-refractivity contribution >= 4 is 11.9 Å². The molecule has 0 radical (unpaired) electrons. The van der Waals surface area contributed by atoms with Gasteiger partial charge in [0.1, 0.15) is 5.75 Å². The number of likely N-dealkylation sites (N-methyl/N-ethyl adjacent to an activating group) is 1. The van der Waals surface area contributed by atoms with Crippen LogP contribution in [0.1, 0.15) is 31.1 Å². The van der Waals surface area contributed by atoms with Crippen molar-refractivity contribution in [1.29, 1.82) is 0 Å². The molecule has 5 heteroatoms. The minimum atomic E-state index is -0.987. The molecule has 0 saturated carbocycles. The van der Waals surface area contributed by atoms with E-state index in [1.807, 2.05) is 13.8 Å². The maximum atomic E-state index is 12.0. The van der Waals surface area contributed by atoms with Gasteiger partial charge in [0.15, 0.2) is 6.10 Å². The third-order valence-electron chi connectivity index (χ3n) is 2.84. The number of hydrogen-bond acceptors (Lipinski definition) is 3. The molecule has 0 fully saturated rings. The predicted molar refractivity (Wildman–Crippen MR) is 71.4 cm³/mol. The van der Waals surface area contributed by atoms with Gasteiger partial charge < -0.3 is 14.7 Å². The molecule has 0 saturated heterocycles. The molecule has 1 unspecified atom stereocenters. The van der Waals surface area contributed by atoms with Gasteiger partial charge in [-0.3, -0.25) is 4.79 Å². The van der Waals surface area contributed by atoms with Gasteiger partial charge in [0, 0.05) is 13.1 Å². The normalized spacial score (nSPS) is 11.7. The van der Waals surface area contributed by atoms with Crippen LogP contribution in [0.3, 0.4) is 0 Å². The Bertz CT molecular complexity index is 437. The van der Waals surface area contributed by atoms with Crippen molar-refractivity contribution in [2.45, 2.75) is 26.9 Å². The van der Waals surface area contributed by atoms with Crippen molar-refractivity contribution in [3.8, 4) is 5.75 Å². The summed E-state index contributed by atoms with van der Waals surface area (Å²) in [6, 6.07) is 6.00. The van der Waals surface area contributed by atoms with Crippen LogP contribution in [0.5, 0.6) is 5.75 Å². The van der Waals surface area contributed by atoms with E-state index < -0.39 is 12.1 Å². The van der Waals surface area contributed by atoms with E-state index in [-0.39, 0.29) is 11.5 Å². The Morgan fingerprint density at radius 2 is 1.74 bits per heavy atom. The fraction of sp³-hybridized carbons (Fsp3) is 0.429. The van der Waals surface area contributed by atoms with Crippen molar-refractivity contribution in [2.75, 3.05) is 13.1 Å². The first kappa shape index (κ1) is 15.0. The van der Waals surface area contributed by atoms with Gasteiger partial charge in [-0.25, -0.2) is 4.79 Å². The Kier molecular flexibility index (Phi) is 5.36. The quantitative estimate of drug-likeness (QED) is 0.854. The summed E-state index contributed by atoms with van der Waals surface area (Å²) in [4.78, 5) is 24.4. The number of carbonyl (C=O) groups excluding carboxylic acids is 1. The van der Waals surface area contributed by atoms with Gasteiger partial charge in [0.2, 0.25) is 0 Å². The van der Waals surface area contributed by atoms with E-state index in [1.165, 1.54) is 12.1 Å². The number of benzene rings is 1. The molecule has 1 aromatic carbocycles. The summed E-state index contributed by atoms with van der Waals surface area (Å²) < 4.78 is 5.51. The standard InChI is InChI=1S/C14H19NO4/c1-4-15(5-2)13(16)10(3)19-12-8-6-11(7-9-12)14(17)18/h6-10H,4-5H2,1-3H3,(H,17,18). The third kappa shape index (κ3) is 3.98. The van der Waals surface area contributed by atoms with Crippen LogP contribution in [0.2, 0.25) is 0 Å². The van der Waals surface area contributed by atoms with E-state index in [2.05, 4.69) is 0 Å². The Labute approximate surface area is 112 Å². The average molecular weight is 265 g/mol. The molecule has 0 spiro atoms. The highest BCUT2D eigenvalue weighted by atomic mass is 16.5. The molecule has 104 valence electrons. The summed E-state index contributed by atoms with van der Waals surface area (Å²) in [6.45, 7) is 6.79. The van der Waals surface area contributed by atoms with Gasteiger partial charge in [-0.2, -0.15) is 0 Å². The summed E-state index contributed by atoms with van der Waals surface area (Å²) in [5, 5.41) is 8.78. The van der Waals surface area contributed by atoms with Gasteiger partial charge in [-0.1, -0.05) is 0 Å². The Morgan fingerprint density at radius 1 is 1.21 bits per heavy atom. The first-order valence-electron chi connectivity index (χ1n) is 6.28. The first-order valence-corrected chi connectivity index (χ1v) is 6.28. The second-order valence-corrected chi connectivity index (χ2v) is 4.10. The summed E-state index contributed by atoms with van der Waals surface area (Å²) in [5.74, 6) is -0.580. The second-order valence-electron chi connectivity index (χ2n) is 4.10. The molecular formula is C14H19NO4.